The average Bonchev–Trinajstić information content (AvgIpc) is 2.33. The smallest absolute Gasteiger partial charge is 0.153 e. The monoisotopic (exact) mass is 150 g/mol. The van der Waals surface area contributed by atoms with Crippen LogP contribution >= 0.6 is 0 Å². The molecule has 0 saturated heterocycles. The maximum Gasteiger partial charge on any atom is 0.328 e. The highest BCUT2D eigenvalue weighted by molar-refractivity contribution is 6.28. The van der Waals surface area contributed by atoms with Crippen molar-refractivity contribution in [3.8, 4) is 0 Å². The van der Waals surface area contributed by atoms with Gasteiger partial charge in [-0.05, 0) is 5.21 Å². The van der Waals surface area contributed by atoms with Crippen LogP contribution in [0.15, 0.2) is 6.20 Å². The standard InChI is InChI=1S/C3HN6.Al.2H/c1-3-7-5-2-6-9(3)8-4-1;;;/h1H;;;. The van der Waals surface area contributed by atoms with E-state index in [0.29, 0.717) is 5.65 Å². The highest BCUT2D eigenvalue weighted by Crippen LogP contribution is 1.83. The van der Waals surface area contributed by atoms with E-state index < -0.39 is 0 Å². The van der Waals surface area contributed by atoms with Gasteiger partial charge in [0.2, 0.25) is 5.65 Å². The molecular formula is C3H3AlN6. The van der Waals surface area contributed by atoms with Gasteiger partial charge in [-0.25, -0.2) is 0 Å². The van der Waals surface area contributed by atoms with E-state index in [0.717, 1.165) is 21.0 Å². The van der Waals surface area contributed by atoms with E-state index in [9.17, 15) is 0 Å². The summed E-state index contributed by atoms with van der Waals surface area (Å²) in [6, 6.07) is 0. The first-order valence-electron chi connectivity index (χ1n) is 2.74. The van der Waals surface area contributed by atoms with Crippen LogP contribution in [0.3, 0.4) is 0 Å². The Morgan fingerprint density at radius 2 is 2.30 bits per heavy atom. The van der Waals surface area contributed by atoms with Gasteiger partial charge in [-0.3, -0.25) is 0 Å². The van der Waals surface area contributed by atoms with E-state index in [1.54, 1.807) is 0 Å². The molecule has 0 atom stereocenters. The minimum atomic E-state index is 0.583. The Morgan fingerprint density at radius 1 is 1.40 bits per heavy atom. The number of hydrogen-bond donors (Lipinski definition) is 0. The van der Waals surface area contributed by atoms with Gasteiger partial charge in [0.25, 0.3) is 0 Å². The van der Waals surface area contributed by atoms with Crippen molar-refractivity contribution in [2.24, 2.45) is 0 Å². The fraction of sp³-hybridized carbons (Fsp3) is 0. The van der Waals surface area contributed by atoms with Gasteiger partial charge >= 0.3 is 16.3 Å². The number of aromatic nitrogens is 6. The number of hydrogen-bond acceptors (Lipinski definition) is 5. The summed E-state index contributed by atoms with van der Waals surface area (Å²) in [6.07, 6.45) is 1.51. The summed E-state index contributed by atoms with van der Waals surface area (Å²) >= 11 is 0.782. The Hall–Kier alpha value is -1.06. The molecule has 10 heavy (non-hydrogen) atoms. The second-order valence-corrected chi connectivity index (χ2v) is 2.72. The molecular weight excluding hydrogens is 147 g/mol. The fourth-order valence-electron chi connectivity index (χ4n) is 0.642. The highest BCUT2D eigenvalue weighted by atomic mass is 27.0. The lowest BCUT2D eigenvalue weighted by molar-refractivity contribution is 0.723. The van der Waals surface area contributed by atoms with Gasteiger partial charge in [-0.1, -0.05) is 0 Å². The van der Waals surface area contributed by atoms with Gasteiger partial charge in [-0.2, -0.15) is 10.2 Å². The second kappa shape index (κ2) is 1.97. The van der Waals surface area contributed by atoms with Crippen LogP contribution in [0.4, 0.5) is 0 Å². The maximum absolute atomic E-state index is 3.97. The molecule has 0 saturated carbocycles. The summed E-state index contributed by atoms with van der Waals surface area (Å²) in [5, 5.41) is 18.8. The summed E-state index contributed by atoms with van der Waals surface area (Å²) in [5.74, 6) is 0. The first kappa shape index (κ1) is 5.71. The first-order valence-corrected chi connectivity index (χ1v) is 3.74. The molecule has 7 heteroatoms. The third-order valence-corrected chi connectivity index (χ3v) is 1.45. The van der Waals surface area contributed by atoms with Crippen molar-refractivity contribution >= 4 is 26.6 Å². The molecule has 2 aromatic rings. The zero-order valence-electron chi connectivity index (χ0n) is 5.26. The van der Waals surface area contributed by atoms with Gasteiger partial charge in [0.15, 0.2) is 0 Å². The third-order valence-electron chi connectivity index (χ3n) is 1.05. The fourth-order valence-corrected chi connectivity index (χ4v) is 0.931. The van der Waals surface area contributed by atoms with E-state index in [2.05, 4.69) is 25.6 Å². The number of rotatable bonds is 0. The van der Waals surface area contributed by atoms with Crippen LogP contribution in [0.1, 0.15) is 0 Å². The van der Waals surface area contributed by atoms with E-state index in [1.165, 1.54) is 10.8 Å². The lowest BCUT2D eigenvalue weighted by atomic mass is 10.8. The van der Waals surface area contributed by atoms with Crippen LogP contribution in [0.25, 0.3) is 5.65 Å². The Morgan fingerprint density at radius 3 is 3.20 bits per heavy atom. The Labute approximate surface area is 63.7 Å². The summed E-state index contributed by atoms with van der Waals surface area (Å²) in [6.45, 7) is 0. The largest absolute Gasteiger partial charge is 0.328 e. The molecule has 0 aliphatic carbocycles. The maximum atomic E-state index is 3.97. The number of nitrogens with zero attached hydrogens (tertiary/aromatic N) is 6. The quantitative estimate of drug-likeness (QED) is 0.379. The molecule has 0 amide bonds. The molecule has 2 rings (SSSR count). The van der Waals surface area contributed by atoms with Crippen molar-refractivity contribution in [1.82, 2.24) is 30.2 Å². The summed E-state index contributed by atoms with van der Waals surface area (Å²) < 4.78 is 2.09. The van der Waals surface area contributed by atoms with Gasteiger partial charge in [0.05, 0.1) is 10.9 Å². The van der Waals surface area contributed by atoms with Crippen LogP contribution in [0.5, 0.6) is 0 Å². The molecule has 2 aromatic heterocycles. The normalized spacial score (nSPS) is 10.4. The predicted molar refractivity (Wildman–Crippen MR) is 34.6 cm³/mol. The molecule has 0 aliphatic heterocycles. The molecule has 0 aliphatic rings. The Kier molecular flexibility index (Phi) is 1.12. The number of fused-ring (bicyclic) bond motifs is 1. The van der Waals surface area contributed by atoms with Gasteiger partial charge in [0.1, 0.15) is 0 Å². The van der Waals surface area contributed by atoms with Gasteiger partial charge in [-0.15, -0.1) is 14.8 Å². The predicted octanol–water partition coefficient (Wildman–Crippen LogP) is -2.83. The molecule has 0 N–H and O–H groups in total. The Bertz CT molecular complexity index is 355. The third kappa shape index (κ3) is 0.762. The van der Waals surface area contributed by atoms with Crippen LogP contribution in [-0.4, -0.2) is 46.5 Å². The van der Waals surface area contributed by atoms with E-state index in [-0.39, 0.29) is 0 Å². The average molecular weight is 150 g/mol. The summed E-state index contributed by atoms with van der Waals surface area (Å²) in [4.78, 5) is 0. The van der Waals surface area contributed by atoms with Crippen molar-refractivity contribution in [2.45, 2.75) is 0 Å². The van der Waals surface area contributed by atoms with Crippen molar-refractivity contribution < 1.29 is 0 Å². The van der Waals surface area contributed by atoms with E-state index >= 15 is 0 Å². The molecule has 0 aromatic carbocycles. The summed E-state index contributed by atoms with van der Waals surface area (Å²) in [5.41, 5.74) is 0.583. The molecule has 6 nitrogen and oxygen atoms in total. The zero-order valence-corrected chi connectivity index (χ0v) is 7.26. The molecule has 0 radical (unpaired) electrons. The lowest BCUT2D eigenvalue weighted by Gasteiger charge is -1.88. The topological polar surface area (TPSA) is 68.9 Å². The lowest BCUT2D eigenvalue weighted by Crippen LogP contribution is -2.19. The van der Waals surface area contributed by atoms with E-state index in [1.807, 2.05) is 0 Å². The molecule has 48 valence electrons. The van der Waals surface area contributed by atoms with Crippen molar-refractivity contribution in [1.29, 1.82) is 0 Å². The van der Waals surface area contributed by atoms with Crippen molar-refractivity contribution in [2.75, 3.05) is 0 Å². The highest BCUT2D eigenvalue weighted by Gasteiger charge is 1.95. The Balaban J connectivity index is 2.86. The second-order valence-electron chi connectivity index (χ2n) is 1.83. The van der Waals surface area contributed by atoms with Crippen molar-refractivity contribution in [3.05, 3.63) is 6.20 Å². The van der Waals surface area contributed by atoms with Gasteiger partial charge in [0, 0.05) is 0 Å². The molecule has 0 spiro atoms. The minimum absolute atomic E-state index is 0.583. The van der Waals surface area contributed by atoms with Crippen LogP contribution in [-0.2, 0) is 0 Å². The first-order chi connectivity index (χ1) is 4.86. The van der Waals surface area contributed by atoms with Crippen LogP contribution < -0.4 is 4.69 Å². The zero-order chi connectivity index (χ0) is 6.97. The van der Waals surface area contributed by atoms with Crippen molar-refractivity contribution in [3.63, 3.8) is 0 Å². The molecule has 2 heterocycles. The minimum Gasteiger partial charge on any atom is -0.153 e. The molecule has 0 fully saturated rings. The van der Waals surface area contributed by atoms with Crippen LogP contribution in [0.2, 0.25) is 0 Å². The summed E-state index contributed by atoms with van der Waals surface area (Å²) in [7, 11) is 0. The van der Waals surface area contributed by atoms with E-state index in [4.69, 9.17) is 0 Å². The molecule has 0 unspecified atom stereocenters. The van der Waals surface area contributed by atoms with Gasteiger partial charge < -0.3 is 0 Å². The molecule has 0 bridgehead atoms. The SMILES string of the molecule is [AlH2][c]1nnc2cnnn2n1. The van der Waals surface area contributed by atoms with Crippen LogP contribution in [0, 0.1) is 0 Å².